The zero-order chi connectivity index (χ0) is 25.3. The van der Waals surface area contributed by atoms with Gasteiger partial charge >= 0.3 is 11.9 Å². The number of thioether (sulfide) groups is 1. The van der Waals surface area contributed by atoms with Crippen molar-refractivity contribution in [3.8, 4) is 0 Å². The second-order valence-corrected chi connectivity index (χ2v) is 9.37. The molecular formula is C22H29N3O8S. The number of aliphatic carboxylic acids is 2. The highest BCUT2D eigenvalue weighted by molar-refractivity contribution is 8.00. The van der Waals surface area contributed by atoms with Crippen LogP contribution in [-0.4, -0.2) is 79.2 Å². The first-order chi connectivity index (χ1) is 16.0. The van der Waals surface area contributed by atoms with Crippen molar-refractivity contribution in [1.29, 1.82) is 0 Å². The SMILES string of the molecule is CC1(O)CC(SCC(NC(=O)CCCC(=O)O)C(=O)NCC(=O)O)C(=O)N1Cc1ccccc1. The summed E-state index contributed by atoms with van der Waals surface area (Å²) in [4.78, 5) is 60.4. The summed E-state index contributed by atoms with van der Waals surface area (Å²) in [7, 11) is 0. The van der Waals surface area contributed by atoms with Gasteiger partial charge in [0.1, 0.15) is 18.3 Å². The Kier molecular flexibility index (Phi) is 9.87. The molecule has 0 saturated carbocycles. The second-order valence-electron chi connectivity index (χ2n) is 8.13. The molecule has 1 saturated heterocycles. The molecule has 0 aromatic heterocycles. The molecule has 1 aromatic rings. The minimum Gasteiger partial charge on any atom is -0.481 e. The topological polar surface area (TPSA) is 173 Å². The summed E-state index contributed by atoms with van der Waals surface area (Å²) in [5, 5.41) is 32.3. The van der Waals surface area contributed by atoms with Crippen LogP contribution in [0, 0.1) is 0 Å². The Morgan fingerprint density at radius 1 is 1.15 bits per heavy atom. The van der Waals surface area contributed by atoms with Crippen molar-refractivity contribution in [3.05, 3.63) is 35.9 Å². The summed E-state index contributed by atoms with van der Waals surface area (Å²) < 4.78 is 0. The largest absolute Gasteiger partial charge is 0.481 e. The van der Waals surface area contributed by atoms with Gasteiger partial charge in [-0.25, -0.2) is 0 Å². The van der Waals surface area contributed by atoms with Gasteiger partial charge in [0.2, 0.25) is 17.7 Å². The predicted octanol–water partition coefficient (Wildman–Crippen LogP) is 0.170. The van der Waals surface area contributed by atoms with Crippen LogP contribution in [0.2, 0.25) is 0 Å². The lowest BCUT2D eigenvalue weighted by atomic mass is 10.1. The Morgan fingerprint density at radius 2 is 1.82 bits per heavy atom. The van der Waals surface area contributed by atoms with Crippen LogP contribution in [0.15, 0.2) is 30.3 Å². The lowest BCUT2D eigenvalue weighted by Gasteiger charge is -2.29. The number of benzene rings is 1. The highest BCUT2D eigenvalue weighted by Gasteiger charge is 2.47. The Bertz CT molecular complexity index is 909. The van der Waals surface area contributed by atoms with Crippen LogP contribution < -0.4 is 10.6 Å². The van der Waals surface area contributed by atoms with E-state index in [-0.39, 0.29) is 43.9 Å². The summed E-state index contributed by atoms with van der Waals surface area (Å²) in [5.41, 5.74) is -0.549. The second kappa shape index (κ2) is 12.4. The Morgan fingerprint density at radius 3 is 2.44 bits per heavy atom. The highest BCUT2D eigenvalue weighted by atomic mass is 32.2. The average molecular weight is 496 g/mol. The van der Waals surface area contributed by atoms with Gasteiger partial charge in [0.25, 0.3) is 0 Å². The molecule has 34 heavy (non-hydrogen) atoms. The van der Waals surface area contributed by atoms with Gasteiger partial charge in [-0.2, -0.15) is 0 Å². The van der Waals surface area contributed by atoms with E-state index in [0.29, 0.717) is 0 Å². The molecule has 1 aliphatic rings. The molecule has 3 unspecified atom stereocenters. The third-order valence-corrected chi connectivity index (χ3v) is 6.50. The molecule has 2 rings (SSSR count). The van der Waals surface area contributed by atoms with Gasteiger partial charge in [-0.3, -0.25) is 24.0 Å². The Balaban J connectivity index is 2.01. The number of rotatable bonds is 13. The maximum Gasteiger partial charge on any atom is 0.322 e. The summed E-state index contributed by atoms with van der Waals surface area (Å²) in [6.07, 6.45) is -0.141. The van der Waals surface area contributed by atoms with Crippen molar-refractivity contribution in [2.75, 3.05) is 12.3 Å². The fourth-order valence-electron chi connectivity index (χ4n) is 3.45. The molecule has 12 heteroatoms. The maximum atomic E-state index is 13.0. The smallest absolute Gasteiger partial charge is 0.322 e. The van der Waals surface area contributed by atoms with Crippen LogP contribution in [0.25, 0.3) is 0 Å². The van der Waals surface area contributed by atoms with Gasteiger partial charge in [-0.05, 0) is 18.9 Å². The first-order valence-electron chi connectivity index (χ1n) is 10.7. The van der Waals surface area contributed by atoms with Crippen LogP contribution >= 0.6 is 11.8 Å². The van der Waals surface area contributed by atoms with E-state index in [2.05, 4.69) is 10.6 Å². The molecule has 0 aliphatic carbocycles. The van der Waals surface area contributed by atoms with E-state index in [1.807, 2.05) is 30.3 Å². The number of likely N-dealkylation sites (tertiary alicyclic amines) is 1. The summed E-state index contributed by atoms with van der Waals surface area (Å²) in [6.45, 7) is 1.11. The molecule has 1 fully saturated rings. The quantitative estimate of drug-likeness (QED) is 0.256. The van der Waals surface area contributed by atoms with Crippen LogP contribution in [0.3, 0.4) is 0 Å². The molecule has 11 nitrogen and oxygen atoms in total. The first kappa shape index (κ1) is 27.1. The number of nitrogens with one attached hydrogen (secondary N) is 2. The fraction of sp³-hybridized carbons (Fsp3) is 0.500. The number of carbonyl (C=O) groups excluding carboxylic acids is 3. The van der Waals surface area contributed by atoms with Crippen molar-refractivity contribution in [3.63, 3.8) is 0 Å². The normalized spacial score (nSPS) is 20.6. The van der Waals surface area contributed by atoms with Crippen LogP contribution in [0.5, 0.6) is 0 Å². The molecule has 3 atom stereocenters. The Labute approximate surface area is 200 Å². The van der Waals surface area contributed by atoms with E-state index < -0.39 is 47.3 Å². The molecule has 0 spiro atoms. The molecule has 1 heterocycles. The predicted molar refractivity (Wildman–Crippen MR) is 123 cm³/mol. The minimum absolute atomic E-state index is 0.0399. The third kappa shape index (κ3) is 8.34. The number of hydrogen-bond donors (Lipinski definition) is 5. The third-order valence-electron chi connectivity index (χ3n) is 5.20. The van der Waals surface area contributed by atoms with Crippen LogP contribution in [-0.2, 0) is 30.5 Å². The van der Waals surface area contributed by atoms with Crippen molar-refractivity contribution in [2.45, 2.75) is 56.2 Å². The van der Waals surface area contributed by atoms with E-state index >= 15 is 0 Å². The number of nitrogens with zero attached hydrogens (tertiary/aromatic N) is 1. The first-order valence-corrected chi connectivity index (χ1v) is 11.7. The monoisotopic (exact) mass is 495 g/mol. The van der Waals surface area contributed by atoms with E-state index in [1.54, 1.807) is 0 Å². The van der Waals surface area contributed by atoms with Gasteiger partial charge in [-0.1, -0.05) is 30.3 Å². The molecule has 186 valence electrons. The van der Waals surface area contributed by atoms with Crippen LogP contribution in [0.4, 0.5) is 0 Å². The van der Waals surface area contributed by atoms with Gasteiger partial charge in [0, 0.05) is 31.6 Å². The van der Waals surface area contributed by atoms with Crippen molar-refractivity contribution in [2.24, 2.45) is 0 Å². The van der Waals surface area contributed by atoms with E-state index in [1.165, 1.54) is 11.8 Å². The number of amides is 3. The maximum absolute atomic E-state index is 13.0. The number of carboxylic acids is 2. The minimum atomic E-state index is -1.40. The fourth-order valence-corrected chi connectivity index (χ4v) is 4.82. The number of aliphatic hydroxyl groups is 1. The zero-order valence-electron chi connectivity index (χ0n) is 18.7. The van der Waals surface area contributed by atoms with Crippen molar-refractivity contribution in [1.82, 2.24) is 15.5 Å². The van der Waals surface area contributed by atoms with Gasteiger partial charge in [-0.15, -0.1) is 11.8 Å². The Hall–Kier alpha value is -3.12. The molecule has 5 N–H and O–H groups in total. The number of carbonyl (C=O) groups is 5. The molecule has 0 radical (unpaired) electrons. The van der Waals surface area contributed by atoms with Crippen LogP contribution in [0.1, 0.15) is 38.2 Å². The average Bonchev–Trinajstić information content (AvgIpc) is 2.98. The number of hydrogen-bond acceptors (Lipinski definition) is 7. The highest BCUT2D eigenvalue weighted by Crippen LogP contribution is 2.36. The standard InChI is InChI=1S/C22H29N3O8S/c1-22(33)10-16(21(32)25(22)12-14-6-3-2-4-7-14)34-13-15(20(31)23-11-19(29)30)24-17(26)8-5-9-18(27)28/h2-4,6-7,15-16,33H,5,8-13H2,1H3,(H,23,31)(H,24,26)(H,27,28)(H,29,30). The lowest BCUT2D eigenvalue weighted by molar-refractivity contribution is -0.144. The van der Waals surface area contributed by atoms with Crippen molar-refractivity contribution < 1.29 is 39.3 Å². The molecule has 0 bridgehead atoms. The zero-order valence-corrected chi connectivity index (χ0v) is 19.5. The number of carboxylic acid groups (broad SMARTS) is 2. The van der Waals surface area contributed by atoms with E-state index in [4.69, 9.17) is 10.2 Å². The molecule has 1 aromatic carbocycles. The van der Waals surface area contributed by atoms with E-state index in [0.717, 1.165) is 17.3 Å². The van der Waals surface area contributed by atoms with E-state index in [9.17, 15) is 29.1 Å². The summed E-state index contributed by atoms with van der Waals surface area (Å²) >= 11 is 1.08. The molecule has 3 amide bonds. The van der Waals surface area contributed by atoms with Gasteiger partial charge in [0.15, 0.2) is 0 Å². The summed E-state index contributed by atoms with van der Waals surface area (Å²) in [6, 6.07) is 8.05. The molecular weight excluding hydrogens is 466 g/mol. The van der Waals surface area contributed by atoms with Gasteiger partial charge < -0.3 is 30.9 Å². The summed E-state index contributed by atoms with van der Waals surface area (Å²) in [5.74, 6) is -3.96. The van der Waals surface area contributed by atoms with Crippen molar-refractivity contribution >= 4 is 41.4 Å². The molecule has 1 aliphatic heterocycles. The lowest BCUT2D eigenvalue weighted by Crippen LogP contribution is -2.49. The van der Waals surface area contributed by atoms with Gasteiger partial charge in [0.05, 0.1) is 5.25 Å².